The third-order valence-electron chi connectivity index (χ3n) is 6.22. The molecule has 0 saturated carbocycles. The standard InChI is InChI=1S/C26H30ClFN4O3/c1-29(2)18-24(33)32-14-15-35-23(17-32)25-21(4-3-5-22(25)27)26(34)31-12-10-30(11-13-31)16-19-6-8-20(28)9-7-19/h3,5-9,14-15,17,21H,4,10-13,16,18H2,1-2H3. The number of hydrogen-bond acceptors (Lipinski definition) is 5. The molecule has 1 aliphatic carbocycles. The van der Waals surface area contributed by atoms with Crippen molar-refractivity contribution in [1.82, 2.24) is 19.6 Å². The van der Waals surface area contributed by atoms with Gasteiger partial charge in [0.05, 0.1) is 18.7 Å². The lowest BCUT2D eigenvalue weighted by Gasteiger charge is -2.37. The van der Waals surface area contributed by atoms with Crippen molar-refractivity contribution in [3.63, 3.8) is 0 Å². The van der Waals surface area contributed by atoms with Crippen LogP contribution in [0.15, 0.2) is 71.4 Å². The van der Waals surface area contributed by atoms with E-state index in [9.17, 15) is 14.0 Å². The molecule has 0 bridgehead atoms. The lowest BCUT2D eigenvalue weighted by atomic mass is 9.88. The minimum atomic E-state index is -0.486. The quantitative estimate of drug-likeness (QED) is 0.600. The highest BCUT2D eigenvalue weighted by atomic mass is 35.5. The maximum Gasteiger partial charge on any atom is 0.244 e. The topological polar surface area (TPSA) is 56.3 Å². The van der Waals surface area contributed by atoms with Crippen LogP contribution in [-0.4, -0.2) is 78.2 Å². The van der Waals surface area contributed by atoms with Gasteiger partial charge in [0.2, 0.25) is 11.8 Å². The number of likely N-dealkylation sites (N-methyl/N-ethyl adjacent to an activating group) is 1. The van der Waals surface area contributed by atoms with Crippen LogP contribution in [0.1, 0.15) is 12.0 Å². The summed E-state index contributed by atoms with van der Waals surface area (Å²) in [5.41, 5.74) is 1.64. The van der Waals surface area contributed by atoms with Crippen molar-refractivity contribution < 1.29 is 18.7 Å². The molecule has 2 amide bonds. The first kappa shape index (κ1) is 25.2. The first-order chi connectivity index (χ1) is 16.8. The van der Waals surface area contributed by atoms with E-state index >= 15 is 0 Å². The summed E-state index contributed by atoms with van der Waals surface area (Å²) in [5.74, 6) is -0.447. The summed E-state index contributed by atoms with van der Waals surface area (Å²) in [5, 5.41) is 0.436. The Kier molecular flexibility index (Phi) is 8.05. The highest BCUT2D eigenvalue weighted by Crippen LogP contribution is 2.36. The van der Waals surface area contributed by atoms with E-state index in [4.69, 9.17) is 16.3 Å². The Balaban J connectivity index is 1.43. The molecule has 2 aliphatic heterocycles. The smallest absolute Gasteiger partial charge is 0.244 e. The molecule has 1 aromatic rings. The zero-order chi connectivity index (χ0) is 24.9. The Labute approximate surface area is 210 Å². The fourth-order valence-corrected chi connectivity index (χ4v) is 4.71. The number of hydrogen-bond donors (Lipinski definition) is 0. The van der Waals surface area contributed by atoms with Crippen LogP contribution >= 0.6 is 11.6 Å². The highest BCUT2D eigenvalue weighted by molar-refractivity contribution is 6.32. The molecule has 0 spiro atoms. The average molecular weight is 501 g/mol. The van der Waals surface area contributed by atoms with Crippen molar-refractivity contribution in [2.24, 2.45) is 5.92 Å². The zero-order valence-electron chi connectivity index (χ0n) is 20.0. The van der Waals surface area contributed by atoms with Gasteiger partial charge >= 0.3 is 0 Å². The van der Waals surface area contributed by atoms with E-state index in [1.807, 2.05) is 25.1 Å². The van der Waals surface area contributed by atoms with Crippen molar-refractivity contribution in [2.75, 3.05) is 46.8 Å². The van der Waals surface area contributed by atoms with Crippen molar-refractivity contribution in [2.45, 2.75) is 13.0 Å². The lowest BCUT2D eigenvalue weighted by molar-refractivity contribution is -0.136. The number of ether oxygens (including phenoxy) is 1. The molecule has 1 atom stereocenters. The first-order valence-corrected chi connectivity index (χ1v) is 12.0. The largest absolute Gasteiger partial charge is 0.462 e. The van der Waals surface area contributed by atoms with Gasteiger partial charge in [-0.15, -0.1) is 0 Å². The van der Waals surface area contributed by atoms with Gasteiger partial charge in [0.1, 0.15) is 17.8 Å². The van der Waals surface area contributed by atoms with Gasteiger partial charge in [0.25, 0.3) is 0 Å². The minimum Gasteiger partial charge on any atom is -0.462 e. The van der Waals surface area contributed by atoms with Gasteiger partial charge in [-0.3, -0.25) is 19.4 Å². The molecule has 1 aromatic carbocycles. The highest BCUT2D eigenvalue weighted by Gasteiger charge is 2.35. The van der Waals surface area contributed by atoms with Gasteiger partial charge in [0.15, 0.2) is 0 Å². The third-order valence-corrected chi connectivity index (χ3v) is 6.55. The number of amides is 2. The summed E-state index contributed by atoms with van der Waals surface area (Å²) in [6.45, 7) is 3.61. The van der Waals surface area contributed by atoms with E-state index in [1.54, 1.807) is 35.5 Å². The Morgan fingerprint density at radius 3 is 2.54 bits per heavy atom. The second-order valence-electron chi connectivity index (χ2n) is 9.12. The zero-order valence-corrected chi connectivity index (χ0v) is 20.7. The number of carbonyl (C=O) groups is 2. The molecule has 7 nitrogen and oxygen atoms in total. The van der Waals surface area contributed by atoms with E-state index < -0.39 is 5.92 Å². The lowest BCUT2D eigenvalue weighted by Crippen LogP contribution is -2.50. The number of piperazine rings is 1. The second kappa shape index (κ2) is 11.2. The van der Waals surface area contributed by atoms with E-state index in [0.29, 0.717) is 35.9 Å². The van der Waals surface area contributed by atoms with Crippen molar-refractivity contribution in [1.29, 1.82) is 0 Å². The summed E-state index contributed by atoms with van der Waals surface area (Å²) < 4.78 is 18.9. The van der Waals surface area contributed by atoms with Gasteiger partial charge in [-0.25, -0.2) is 4.39 Å². The molecule has 0 aromatic heterocycles. The van der Waals surface area contributed by atoms with Gasteiger partial charge < -0.3 is 14.5 Å². The molecular formula is C26H30ClFN4O3. The van der Waals surface area contributed by atoms with E-state index in [1.165, 1.54) is 23.3 Å². The second-order valence-corrected chi connectivity index (χ2v) is 9.52. The normalized spacial score (nSPS) is 20.8. The monoisotopic (exact) mass is 500 g/mol. The molecule has 2 heterocycles. The summed E-state index contributed by atoms with van der Waals surface area (Å²) in [7, 11) is 3.65. The van der Waals surface area contributed by atoms with Gasteiger partial charge in [-0.2, -0.15) is 0 Å². The molecule has 0 N–H and O–H groups in total. The van der Waals surface area contributed by atoms with Crippen LogP contribution in [0.3, 0.4) is 0 Å². The van der Waals surface area contributed by atoms with Crippen molar-refractivity contribution in [3.8, 4) is 0 Å². The SMILES string of the molecule is CN(C)CC(=O)N1C=COC(C2=C(Cl)C=CCC2C(=O)N2CCN(Cc3ccc(F)cc3)CC2)=C1. The van der Waals surface area contributed by atoms with Crippen LogP contribution in [0.2, 0.25) is 0 Å². The van der Waals surface area contributed by atoms with Crippen LogP contribution in [0, 0.1) is 11.7 Å². The third kappa shape index (κ3) is 6.20. The predicted octanol–water partition coefficient (Wildman–Crippen LogP) is 3.27. The summed E-state index contributed by atoms with van der Waals surface area (Å²) >= 11 is 6.56. The molecule has 9 heteroatoms. The summed E-state index contributed by atoms with van der Waals surface area (Å²) in [6.07, 6.45) is 8.77. The summed E-state index contributed by atoms with van der Waals surface area (Å²) in [6, 6.07) is 6.52. The van der Waals surface area contributed by atoms with Crippen LogP contribution in [-0.2, 0) is 20.9 Å². The van der Waals surface area contributed by atoms with Crippen LogP contribution in [0.4, 0.5) is 4.39 Å². The van der Waals surface area contributed by atoms with Crippen LogP contribution < -0.4 is 0 Å². The maximum absolute atomic E-state index is 13.6. The Hall–Kier alpha value is -2.94. The number of halogens is 2. The number of nitrogens with zero attached hydrogens (tertiary/aromatic N) is 4. The molecule has 1 fully saturated rings. The van der Waals surface area contributed by atoms with Crippen LogP contribution in [0.5, 0.6) is 0 Å². The van der Waals surface area contributed by atoms with Crippen LogP contribution in [0.25, 0.3) is 0 Å². The Bertz CT molecular complexity index is 1070. The summed E-state index contributed by atoms with van der Waals surface area (Å²) in [4.78, 5) is 33.5. The molecule has 0 radical (unpaired) electrons. The minimum absolute atomic E-state index is 0.00541. The van der Waals surface area contributed by atoms with E-state index in [-0.39, 0.29) is 24.2 Å². The maximum atomic E-state index is 13.6. The first-order valence-electron chi connectivity index (χ1n) is 11.6. The molecule has 4 rings (SSSR count). The predicted molar refractivity (Wildman–Crippen MR) is 132 cm³/mol. The number of benzene rings is 1. The number of rotatable bonds is 6. The number of allylic oxidation sites excluding steroid dienone is 4. The van der Waals surface area contributed by atoms with Gasteiger partial charge in [-0.05, 0) is 44.3 Å². The van der Waals surface area contributed by atoms with Crippen molar-refractivity contribution >= 4 is 23.4 Å². The van der Waals surface area contributed by atoms with E-state index in [0.717, 1.165) is 25.2 Å². The molecular weight excluding hydrogens is 471 g/mol. The average Bonchev–Trinajstić information content (AvgIpc) is 2.85. The molecule has 1 unspecified atom stereocenters. The molecule has 186 valence electrons. The number of carbonyl (C=O) groups excluding carboxylic acids is 2. The van der Waals surface area contributed by atoms with Gasteiger partial charge in [0, 0.05) is 49.5 Å². The van der Waals surface area contributed by atoms with Gasteiger partial charge in [-0.1, -0.05) is 29.8 Å². The van der Waals surface area contributed by atoms with E-state index in [2.05, 4.69) is 4.90 Å². The van der Waals surface area contributed by atoms with Crippen molar-refractivity contribution in [3.05, 3.63) is 82.8 Å². The molecule has 35 heavy (non-hydrogen) atoms. The fourth-order valence-electron chi connectivity index (χ4n) is 4.40. The Morgan fingerprint density at radius 2 is 1.86 bits per heavy atom. The molecule has 1 saturated heterocycles. The fraction of sp³-hybridized carbons (Fsp3) is 0.385. The molecule has 3 aliphatic rings. The Morgan fingerprint density at radius 1 is 1.14 bits per heavy atom.